The van der Waals surface area contributed by atoms with Crippen LogP contribution in [0.2, 0.25) is 5.02 Å². The molecule has 2 aliphatic rings. The van der Waals surface area contributed by atoms with E-state index in [1.165, 1.54) is 5.56 Å². The van der Waals surface area contributed by atoms with Crippen LogP contribution in [0.4, 0.5) is 0 Å². The van der Waals surface area contributed by atoms with Crippen molar-refractivity contribution >= 4 is 23.5 Å². The van der Waals surface area contributed by atoms with E-state index in [2.05, 4.69) is 21.7 Å². The second-order valence-electron chi connectivity index (χ2n) is 6.79. The highest BCUT2D eigenvalue weighted by molar-refractivity contribution is 6.30. The number of nitrogens with one attached hydrogen (secondary N) is 2. The summed E-state index contributed by atoms with van der Waals surface area (Å²) in [6.45, 7) is 6.27. The Kier molecular flexibility index (Phi) is 5.84. The maximum atomic E-state index is 11.8. The van der Waals surface area contributed by atoms with Crippen LogP contribution in [0, 0.1) is 0 Å². The quantitative estimate of drug-likeness (QED) is 0.625. The first-order chi connectivity index (χ1) is 12.1. The Morgan fingerprint density at radius 2 is 2.20 bits per heavy atom. The van der Waals surface area contributed by atoms with Gasteiger partial charge < -0.3 is 15.5 Å². The lowest BCUT2D eigenvalue weighted by molar-refractivity contribution is -0.129. The molecule has 136 valence electrons. The number of carbonyl (C=O) groups excluding carboxylic acids is 1. The predicted octanol–water partition coefficient (Wildman–Crippen LogP) is 2.76. The molecular formula is C19H27ClN4O. The maximum absolute atomic E-state index is 11.8. The van der Waals surface area contributed by atoms with Crippen LogP contribution in [0.3, 0.4) is 0 Å². The van der Waals surface area contributed by atoms with Gasteiger partial charge in [-0.3, -0.25) is 9.79 Å². The van der Waals surface area contributed by atoms with Gasteiger partial charge in [0.1, 0.15) is 0 Å². The minimum Gasteiger partial charge on any atom is -0.353 e. The summed E-state index contributed by atoms with van der Waals surface area (Å²) in [7, 11) is 0. The van der Waals surface area contributed by atoms with E-state index in [4.69, 9.17) is 11.6 Å². The van der Waals surface area contributed by atoms with Gasteiger partial charge in [-0.2, -0.15) is 0 Å². The monoisotopic (exact) mass is 362 g/mol. The van der Waals surface area contributed by atoms with Gasteiger partial charge in [-0.1, -0.05) is 30.7 Å². The van der Waals surface area contributed by atoms with Crippen LogP contribution in [0.25, 0.3) is 0 Å². The Morgan fingerprint density at radius 3 is 2.92 bits per heavy atom. The second-order valence-corrected chi connectivity index (χ2v) is 7.23. The fourth-order valence-electron chi connectivity index (χ4n) is 3.45. The number of nitrogens with zero attached hydrogens (tertiary/aromatic N) is 2. The summed E-state index contributed by atoms with van der Waals surface area (Å²) in [5, 5.41) is 7.82. The molecule has 1 aromatic carbocycles. The highest BCUT2D eigenvalue weighted by Crippen LogP contribution is 2.41. The van der Waals surface area contributed by atoms with Gasteiger partial charge in [0.2, 0.25) is 5.91 Å². The molecule has 0 aromatic heterocycles. The molecule has 5 nitrogen and oxygen atoms in total. The Labute approximate surface area is 154 Å². The smallest absolute Gasteiger partial charge is 0.222 e. The van der Waals surface area contributed by atoms with Crippen LogP contribution in [0.15, 0.2) is 29.3 Å². The van der Waals surface area contributed by atoms with Crippen molar-refractivity contribution in [2.45, 2.75) is 51.1 Å². The van der Waals surface area contributed by atoms with Crippen LogP contribution >= 0.6 is 11.6 Å². The van der Waals surface area contributed by atoms with E-state index < -0.39 is 0 Å². The normalized spacial score (nSPS) is 25.8. The highest BCUT2D eigenvalue weighted by atomic mass is 35.5. The van der Waals surface area contributed by atoms with Gasteiger partial charge in [0.15, 0.2) is 5.96 Å². The number of aliphatic imine (C=N–C) groups is 1. The number of halogens is 1. The highest BCUT2D eigenvalue weighted by Gasteiger charge is 2.39. The van der Waals surface area contributed by atoms with E-state index >= 15 is 0 Å². The maximum Gasteiger partial charge on any atom is 0.222 e. The Balaban J connectivity index is 1.53. The molecule has 0 bridgehead atoms. The van der Waals surface area contributed by atoms with E-state index in [-0.39, 0.29) is 11.9 Å². The van der Waals surface area contributed by atoms with Crippen LogP contribution in [-0.2, 0) is 4.79 Å². The second kappa shape index (κ2) is 8.09. The van der Waals surface area contributed by atoms with E-state index in [1.807, 2.05) is 36.9 Å². The van der Waals surface area contributed by atoms with Gasteiger partial charge in [-0.15, -0.1) is 0 Å². The van der Waals surface area contributed by atoms with E-state index in [1.54, 1.807) is 0 Å². The Morgan fingerprint density at radius 1 is 1.36 bits per heavy atom. The van der Waals surface area contributed by atoms with Crippen molar-refractivity contribution in [1.82, 2.24) is 15.5 Å². The van der Waals surface area contributed by atoms with Crippen LogP contribution in [0.5, 0.6) is 0 Å². The molecule has 2 fully saturated rings. The standard InChI is InChI=1S/C19H27ClN4O/c1-3-18(25)24-9-8-15(12-24)22-19(21-4-2)23-17-11-16(17)13-6-5-7-14(20)10-13/h5-7,10,15-17H,3-4,8-9,11-12H2,1-2H3,(H2,21,22,23). The van der Waals surface area contributed by atoms with Crippen molar-refractivity contribution in [1.29, 1.82) is 0 Å². The fraction of sp³-hybridized carbons (Fsp3) is 0.579. The van der Waals surface area contributed by atoms with Crippen molar-refractivity contribution in [3.05, 3.63) is 34.9 Å². The molecule has 0 spiro atoms. The zero-order valence-electron chi connectivity index (χ0n) is 15.0. The first-order valence-electron chi connectivity index (χ1n) is 9.21. The number of carbonyl (C=O) groups is 1. The third-order valence-electron chi connectivity index (χ3n) is 4.89. The van der Waals surface area contributed by atoms with Crippen molar-refractivity contribution in [2.75, 3.05) is 19.6 Å². The topological polar surface area (TPSA) is 56.7 Å². The molecule has 3 rings (SSSR count). The van der Waals surface area contributed by atoms with Crippen LogP contribution < -0.4 is 10.6 Å². The number of likely N-dealkylation sites (tertiary alicyclic amines) is 1. The largest absolute Gasteiger partial charge is 0.353 e. The molecule has 1 saturated heterocycles. The van der Waals surface area contributed by atoms with Gasteiger partial charge >= 0.3 is 0 Å². The number of rotatable bonds is 5. The lowest BCUT2D eigenvalue weighted by atomic mass is 10.1. The Bertz CT molecular complexity index is 648. The minimum absolute atomic E-state index is 0.231. The van der Waals surface area contributed by atoms with Crippen molar-refractivity contribution in [2.24, 2.45) is 4.99 Å². The van der Waals surface area contributed by atoms with Crippen LogP contribution in [0.1, 0.15) is 44.6 Å². The lowest BCUT2D eigenvalue weighted by Crippen LogP contribution is -2.46. The van der Waals surface area contributed by atoms with Gasteiger partial charge in [0.25, 0.3) is 0 Å². The molecule has 0 radical (unpaired) electrons. The zero-order chi connectivity index (χ0) is 17.8. The molecule has 1 aliphatic carbocycles. The molecule has 25 heavy (non-hydrogen) atoms. The van der Waals surface area contributed by atoms with E-state index in [0.29, 0.717) is 18.4 Å². The molecule has 1 amide bonds. The lowest BCUT2D eigenvalue weighted by Gasteiger charge is -2.19. The number of guanidine groups is 1. The summed E-state index contributed by atoms with van der Waals surface area (Å²) in [4.78, 5) is 18.3. The average molecular weight is 363 g/mol. The molecule has 1 aromatic rings. The third kappa shape index (κ3) is 4.66. The summed E-state index contributed by atoms with van der Waals surface area (Å²) >= 11 is 6.10. The van der Waals surface area contributed by atoms with Crippen molar-refractivity contribution in [3.63, 3.8) is 0 Å². The minimum atomic E-state index is 0.231. The molecule has 2 N–H and O–H groups in total. The van der Waals surface area contributed by atoms with Crippen LogP contribution in [-0.4, -0.2) is 48.5 Å². The zero-order valence-corrected chi connectivity index (χ0v) is 15.7. The summed E-state index contributed by atoms with van der Waals surface area (Å²) in [6.07, 6.45) is 2.64. The summed E-state index contributed by atoms with van der Waals surface area (Å²) in [5.74, 6) is 1.58. The third-order valence-corrected chi connectivity index (χ3v) is 5.12. The first-order valence-corrected chi connectivity index (χ1v) is 9.59. The van der Waals surface area contributed by atoms with E-state index in [9.17, 15) is 4.79 Å². The van der Waals surface area contributed by atoms with Gasteiger partial charge in [-0.25, -0.2) is 0 Å². The Hall–Kier alpha value is -1.75. The molecular weight excluding hydrogens is 336 g/mol. The number of amides is 1. The van der Waals surface area contributed by atoms with Gasteiger partial charge in [0.05, 0.1) is 0 Å². The van der Waals surface area contributed by atoms with Crippen molar-refractivity contribution < 1.29 is 4.79 Å². The van der Waals surface area contributed by atoms with Crippen molar-refractivity contribution in [3.8, 4) is 0 Å². The number of hydrogen-bond acceptors (Lipinski definition) is 2. The van der Waals surface area contributed by atoms with Gasteiger partial charge in [-0.05, 0) is 37.5 Å². The first kappa shape index (κ1) is 18.1. The molecule has 1 aliphatic heterocycles. The molecule has 1 heterocycles. The average Bonchev–Trinajstić information content (AvgIpc) is 3.21. The summed E-state index contributed by atoms with van der Waals surface area (Å²) in [5.41, 5.74) is 1.28. The van der Waals surface area contributed by atoms with E-state index in [0.717, 1.165) is 43.5 Å². The van der Waals surface area contributed by atoms with Gasteiger partial charge in [0, 0.05) is 49.1 Å². The summed E-state index contributed by atoms with van der Waals surface area (Å²) in [6, 6.07) is 8.76. The molecule has 6 heteroatoms. The molecule has 3 atom stereocenters. The summed E-state index contributed by atoms with van der Waals surface area (Å²) < 4.78 is 0. The number of benzene rings is 1. The SMILES string of the molecule is CCN=C(NC1CCN(C(=O)CC)C1)NC1CC1c1cccc(Cl)c1. The predicted molar refractivity (Wildman–Crippen MR) is 102 cm³/mol. The molecule has 3 unspecified atom stereocenters. The number of hydrogen-bond donors (Lipinski definition) is 2. The molecule has 1 saturated carbocycles. The fourth-order valence-corrected chi connectivity index (χ4v) is 3.65.